The van der Waals surface area contributed by atoms with E-state index in [2.05, 4.69) is 34.5 Å². The van der Waals surface area contributed by atoms with Gasteiger partial charge in [-0.1, -0.05) is 34.8 Å². The molecule has 5 heteroatoms. The van der Waals surface area contributed by atoms with Crippen LogP contribution >= 0.6 is 15.9 Å². The highest BCUT2D eigenvalue weighted by atomic mass is 79.9. The normalized spacial score (nSPS) is 10.9. The molecule has 0 bridgehead atoms. The number of ketones is 1. The number of hydrogen-bond acceptors (Lipinski definition) is 3. The number of likely N-dealkylation sites (N-methyl/N-ethyl adjacent to an activating group) is 1. The fourth-order valence-corrected chi connectivity index (χ4v) is 3.12. The standard InChI is InChI=1S/C23H27BrFNO2/c1-3-14-26(2)15-6-4-5-7-16-28-22-13-10-19(17-21(22)25)23(27)18-8-11-20(24)12-9-18/h3,8-13,17H,1,4-7,14-16H2,2H3. The zero-order valence-electron chi connectivity index (χ0n) is 16.3. The van der Waals surface area contributed by atoms with Gasteiger partial charge in [-0.15, -0.1) is 6.58 Å². The molecule has 2 aromatic rings. The Bertz CT molecular complexity index is 777. The molecule has 0 N–H and O–H groups in total. The summed E-state index contributed by atoms with van der Waals surface area (Å²) in [6.07, 6.45) is 6.08. The van der Waals surface area contributed by atoms with Crippen LogP contribution in [0.4, 0.5) is 4.39 Å². The monoisotopic (exact) mass is 447 g/mol. The van der Waals surface area contributed by atoms with Crippen LogP contribution in [-0.2, 0) is 0 Å². The molecule has 0 spiro atoms. The van der Waals surface area contributed by atoms with Crippen molar-refractivity contribution < 1.29 is 13.9 Å². The molecule has 3 nitrogen and oxygen atoms in total. The molecule has 0 aromatic heterocycles. The van der Waals surface area contributed by atoms with Gasteiger partial charge in [0.1, 0.15) is 0 Å². The van der Waals surface area contributed by atoms with E-state index in [1.807, 2.05) is 6.08 Å². The number of carbonyl (C=O) groups excluding carboxylic acids is 1. The Labute approximate surface area is 175 Å². The first-order valence-corrected chi connectivity index (χ1v) is 10.3. The molecule has 2 aromatic carbocycles. The maximum atomic E-state index is 14.3. The lowest BCUT2D eigenvalue weighted by molar-refractivity contribution is 0.103. The second-order valence-electron chi connectivity index (χ2n) is 6.79. The average molecular weight is 448 g/mol. The molecule has 0 saturated heterocycles. The molecule has 0 radical (unpaired) electrons. The quantitative estimate of drug-likeness (QED) is 0.231. The number of unbranched alkanes of at least 4 members (excludes halogenated alkanes) is 3. The van der Waals surface area contributed by atoms with Crippen molar-refractivity contribution in [2.24, 2.45) is 0 Å². The number of halogens is 2. The predicted octanol–water partition coefficient (Wildman–Crippen LogP) is 5.88. The van der Waals surface area contributed by atoms with Crippen LogP contribution in [0.1, 0.15) is 41.6 Å². The molecular formula is C23H27BrFNO2. The minimum atomic E-state index is -0.506. The first-order chi connectivity index (χ1) is 13.5. The van der Waals surface area contributed by atoms with Gasteiger partial charge >= 0.3 is 0 Å². The molecule has 0 unspecified atom stereocenters. The summed E-state index contributed by atoms with van der Waals surface area (Å²) in [6.45, 7) is 6.16. The lowest BCUT2D eigenvalue weighted by Gasteiger charge is -2.13. The van der Waals surface area contributed by atoms with Crippen molar-refractivity contribution in [3.8, 4) is 5.75 Å². The molecule has 0 aliphatic carbocycles. The third-order valence-electron chi connectivity index (χ3n) is 4.43. The van der Waals surface area contributed by atoms with Gasteiger partial charge in [0.15, 0.2) is 17.3 Å². The van der Waals surface area contributed by atoms with Gasteiger partial charge in [0, 0.05) is 22.1 Å². The van der Waals surface area contributed by atoms with E-state index >= 15 is 0 Å². The SMILES string of the molecule is C=CCN(C)CCCCCCOc1ccc(C(=O)c2ccc(Br)cc2)cc1F. The maximum absolute atomic E-state index is 14.3. The summed E-state index contributed by atoms with van der Waals surface area (Å²) >= 11 is 3.33. The zero-order valence-corrected chi connectivity index (χ0v) is 17.9. The number of carbonyl (C=O) groups is 1. The van der Waals surface area contributed by atoms with Gasteiger partial charge in [0.05, 0.1) is 6.61 Å². The fourth-order valence-electron chi connectivity index (χ4n) is 2.86. The van der Waals surface area contributed by atoms with E-state index in [4.69, 9.17) is 4.74 Å². The van der Waals surface area contributed by atoms with Crippen molar-refractivity contribution in [1.29, 1.82) is 0 Å². The van der Waals surface area contributed by atoms with Crippen LogP contribution in [0, 0.1) is 5.82 Å². The summed E-state index contributed by atoms with van der Waals surface area (Å²) < 4.78 is 20.7. The smallest absolute Gasteiger partial charge is 0.193 e. The number of rotatable bonds is 12. The van der Waals surface area contributed by atoms with Gasteiger partial charge < -0.3 is 9.64 Å². The van der Waals surface area contributed by atoms with Crippen molar-refractivity contribution >= 4 is 21.7 Å². The van der Waals surface area contributed by atoms with Gasteiger partial charge in [-0.25, -0.2) is 4.39 Å². The molecular weight excluding hydrogens is 421 g/mol. The molecule has 0 fully saturated rings. The minimum absolute atomic E-state index is 0.193. The second kappa shape index (κ2) is 11.8. The van der Waals surface area contributed by atoms with E-state index in [-0.39, 0.29) is 11.5 Å². The Morgan fingerprint density at radius 1 is 1.11 bits per heavy atom. The highest BCUT2D eigenvalue weighted by Crippen LogP contribution is 2.21. The molecule has 0 heterocycles. The first kappa shape index (κ1) is 22.3. The van der Waals surface area contributed by atoms with Gasteiger partial charge in [0.25, 0.3) is 0 Å². The Morgan fingerprint density at radius 2 is 1.79 bits per heavy atom. The lowest BCUT2D eigenvalue weighted by Crippen LogP contribution is -2.19. The number of hydrogen-bond donors (Lipinski definition) is 0. The number of benzene rings is 2. The molecule has 0 aliphatic heterocycles. The predicted molar refractivity (Wildman–Crippen MR) is 116 cm³/mol. The van der Waals surface area contributed by atoms with Crippen LogP contribution < -0.4 is 4.74 Å². The number of nitrogens with zero attached hydrogens (tertiary/aromatic N) is 1. The van der Waals surface area contributed by atoms with Crippen LogP contribution in [0.15, 0.2) is 59.6 Å². The Morgan fingerprint density at radius 3 is 2.46 bits per heavy atom. The van der Waals surface area contributed by atoms with Crippen LogP contribution in [-0.4, -0.2) is 37.4 Å². The summed E-state index contributed by atoms with van der Waals surface area (Å²) in [5, 5.41) is 0. The average Bonchev–Trinajstić information content (AvgIpc) is 2.68. The molecule has 28 heavy (non-hydrogen) atoms. The Hall–Kier alpha value is -1.98. The van der Waals surface area contributed by atoms with Crippen molar-refractivity contribution in [2.75, 3.05) is 26.7 Å². The highest BCUT2D eigenvalue weighted by molar-refractivity contribution is 9.10. The van der Waals surface area contributed by atoms with Gasteiger partial charge in [-0.05, 0) is 68.9 Å². The first-order valence-electron chi connectivity index (χ1n) is 9.53. The van der Waals surface area contributed by atoms with Crippen molar-refractivity contribution in [2.45, 2.75) is 25.7 Å². The van der Waals surface area contributed by atoms with E-state index in [0.29, 0.717) is 17.7 Å². The maximum Gasteiger partial charge on any atom is 0.193 e. The zero-order chi connectivity index (χ0) is 20.4. The summed E-state index contributed by atoms with van der Waals surface area (Å²) in [4.78, 5) is 14.7. The van der Waals surface area contributed by atoms with Gasteiger partial charge in [-0.2, -0.15) is 0 Å². The Balaban J connectivity index is 1.76. The van der Waals surface area contributed by atoms with E-state index in [0.717, 1.165) is 43.2 Å². The van der Waals surface area contributed by atoms with Crippen LogP contribution in [0.5, 0.6) is 5.75 Å². The van der Waals surface area contributed by atoms with Crippen LogP contribution in [0.25, 0.3) is 0 Å². The molecule has 0 atom stereocenters. The summed E-state index contributed by atoms with van der Waals surface area (Å²) in [6, 6.07) is 11.4. The summed E-state index contributed by atoms with van der Waals surface area (Å²) in [7, 11) is 2.08. The lowest BCUT2D eigenvalue weighted by atomic mass is 10.0. The van der Waals surface area contributed by atoms with E-state index in [1.165, 1.54) is 12.1 Å². The third kappa shape index (κ3) is 7.21. The molecule has 0 aliphatic rings. The van der Waals surface area contributed by atoms with E-state index in [9.17, 15) is 9.18 Å². The summed E-state index contributed by atoms with van der Waals surface area (Å²) in [5.41, 5.74) is 0.839. The van der Waals surface area contributed by atoms with Crippen LogP contribution in [0.3, 0.4) is 0 Å². The molecule has 0 amide bonds. The highest BCUT2D eigenvalue weighted by Gasteiger charge is 2.12. The van der Waals surface area contributed by atoms with Gasteiger partial charge in [0.2, 0.25) is 0 Å². The topological polar surface area (TPSA) is 29.5 Å². The van der Waals surface area contributed by atoms with E-state index < -0.39 is 5.82 Å². The van der Waals surface area contributed by atoms with Crippen molar-refractivity contribution in [1.82, 2.24) is 4.90 Å². The largest absolute Gasteiger partial charge is 0.491 e. The van der Waals surface area contributed by atoms with Gasteiger partial charge in [-0.3, -0.25) is 4.79 Å². The summed E-state index contributed by atoms with van der Waals surface area (Å²) in [5.74, 6) is -0.522. The van der Waals surface area contributed by atoms with E-state index in [1.54, 1.807) is 30.3 Å². The fraction of sp³-hybridized carbons (Fsp3) is 0.348. The van der Waals surface area contributed by atoms with Crippen molar-refractivity contribution in [3.05, 3.63) is 76.5 Å². The molecule has 2 rings (SSSR count). The van der Waals surface area contributed by atoms with Crippen molar-refractivity contribution in [3.63, 3.8) is 0 Å². The second-order valence-corrected chi connectivity index (χ2v) is 7.71. The molecule has 0 saturated carbocycles. The van der Waals surface area contributed by atoms with Crippen LogP contribution in [0.2, 0.25) is 0 Å². The third-order valence-corrected chi connectivity index (χ3v) is 4.96. The minimum Gasteiger partial charge on any atom is -0.491 e. The molecule has 150 valence electrons. The Kier molecular flexibility index (Phi) is 9.38. The number of ether oxygens (including phenoxy) is 1.